The molecular formula is C15H20FNO2. The van der Waals surface area contributed by atoms with Crippen molar-refractivity contribution in [3.05, 3.63) is 29.6 Å². The van der Waals surface area contributed by atoms with Gasteiger partial charge in [0, 0.05) is 30.3 Å². The fourth-order valence-corrected chi connectivity index (χ4v) is 2.96. The van der Waals surface area contributed by atoms with Gasteiger partial charge >= 0.3 is 0 Å². The summed E-state index contributed by atoms with van der Waals surface area (Å²) in [6.45, 7) is 2.75. The van der Waals surface area contributed by atoms with Gasteiger partial charge in [-0.15, -0.1) is 0 Å². The lowest BCUT2D eigenvalue weighted by Crippen LogP contribution is -2.39. The molecule has 1 heterocycles. The number of aromatic hydroxyl groups is 1. The Kier molecular flexibility index (Phi) is 3.46. The maximum absolute atomic E-state index is 13.8. The van der Waals surface area contributed by atoms with Crippen molar-refractivity contribution < 1.29 is 14.2 Å². The first kappa shape index (κ1) is 12.9. The summed E-state index contributed by atoms with van der Waals surface area (Å²) in [5.74, 6) is 0.298. The highest BCUT2D eigenvalue weighted by atomic mass is 19.1. The molecule has 3 rings (SSSR count). The number of halogens is 1. The van der Waals surface area contributed by atoms with Crippen molar-refractivity contribution in [2.24, 2.45) is 5.92 Å². The van der Waals surface area contributed by atoms with Gasteiger partial charge in [-0.25, -0.2) is 4.39 Å². The minimum absolute atomic E-state index is 0.0338. The van der Waals surface area contributed by atoms with Gasteiger partial charge in [0.15, 0.2) is 0 Å². The quantitative estimate of drug-likeness (QED) is 0.879. The molecular weight excluding hydrogens is 245 g/mol. The Morgan fingerprint density at radius 1 is 1.37 bits per heavy atom. The van der Waals surface area contributed by atoms with Gasteiger partial charge in [-0.1, -0.05) is 6.07 Å². The summed E-state index contributed by atoms with van der Waals surface area (Å²) in [7, 11) is 0. The highest BCUT2D eigenvalue weighted by Crippen LogP contribution is 2.39. The van der Waals surface area contributed by atoms with Gasteiger partial charge in [0.2, 0.25) is 0 Å². The molecule has 3 atom stereocenters. The van der Waals surface area contributed by atoms with E-state index in [1.54, 1.807) is 6.07 Å². The van der Waals surface area contributed by atoms with Crippen molar-refractivity contribution in [2.75, 3.05) is 6.61 Å². The molecule has 1 saturated carbocycles. The van der Waals surface area contributed by atoms with E-state index in [2.05, 4.69) is 5.32 Å². The second kappa shape index (κ2) is 5.10. The van der Waals surface area contributed by atoms with Crippen LogP contribution in [0.3, 0.4) is 0 Å². The van der Waals surface area contributed by atoms with E-state index in [1.807, 2.05) is 6.92 Å². The van der Waals surface area contributed by atoms with Crippen LogP contribution in [0.25, 0.3) is 0 Å². The molecule has 0 aromatic heterocycles. The van der Waals surface area contributed by atoms with Crippen LogP contribution in [-0.2, 0) is 4.74 Å². The third-order valence-corrected chi connectivity index (χ3v) is 4.14. The molecule has 2 fully saturated rings. The maximum atomic E-state index is 13.8. The Morgan fingerprint density at radius 2 is 2.16 bits per heavy atom. The first-order chi connectivity index (χ1) is 9.15. The molecule has 104 valence electrons. The van der Waals surface area contributed by atoms with Gasteiger partial charge in [-0.2, -0.15) is 0 Å². The lowest BCUT2D eigenvalue weighted by atomic mass is 10.0. The first-order valence-electron chi connectivity index (χ1n) is 7.01. The van der Waals surface area contributed by atoms with Gasteiger partial charge in [-0.3, -0.25) is 0 Å². The standard InChI is InChI=1S/C15H20FNO2/c1-9(12-5-4-11(18)8-13(12)16)17-14-6-7-19-15(14)10-2-3-10/h4-5,8-10,14-15,17-18H,2-3,6-7H2,1H3. The van der Waals surface area contributed by atoms with E-state index in [1.165, 1.54) is 18.9 Å². The summed E-state index contributed by atoms with van der Waals surface area (Å²) in [4.78, 5) is 0. The zero-order valence-corrected chi connectivity index (χ0v) is 11.1. The molecule has 0 spiro atoms. The van der Waals surface area contributed by atoms with Crippen LogP contribution in [-0.4, -0.2) is 23.9 Å². The molecule has 0 amide bonds. The van der Waals surface area contributed by atoms with Crippen LogP contribution in [0, 0.1) is 11.7 Å². The highest BCUT2D eigenvalue weighted by Gasteiger charge is 2.41. The molecule has 0 radical (unpaired) electrons. The predicted octanol–water partition coefficient (Wildman–Crippen LogP) is 2.75. The molecule has 3 unspecified atom stereocenters. The number of rotatable bonds is 4. The molecule has 2 N–H and O–H groups in total. The average molecular weight is 265 g/mol. The maximum Gasteiger partial charge on any atom is 0.131 e. The van der Waals surface area contributed by atoms with E-state index < -0.39 is 0 Å². The van der Waals surface area contributed by atoms with E-state index in [0.717, 1.165) is 19.1 Å². The summed E-state index contributed by atoms with van der Waals surface area (Å²) in [6, 6.07) is 4.57. The topological polar surface area (TPSA) is 41.5 Å². The Hall–Kier alpha value is -1.13. The third kappa shape index (κ3) is 2.74. The molecule has 1 saturated heterocycles. The Labute approximate surface area is 112 Å². The van der Waals surface area contributed by atoms with Gasteiger partial charge in [-0.05, 0) is 38.2 Å². The predicted molar refractivity (Wildman–Crippen MR) is 70.5 cm³/mol. The minimum Gasteiger partial charge on any atom is -0.508 e. The summed E-state index contributed by atoms with van der Waals surface area (Å²) in [5, 5.41) is 12.7. The Bertz CT molecular complexity index is 461. The van der Waals surface area contributed by atoms with Crippen molar-refractivity contribution in [1.82, 2.24) is 5.32 Å². The molecule has 0 bridgehead atoms. The third-order valence-electron chi connectivity index (χ3n) is 4.14. The van der Waals surface area contributed by atoms with E-state index in [0.29, 0.717) is 23.6 Å². The summed E-state index contributed by atoms with van der Waals surface area (Å²) in [6.07, 6.45) is 3.79. The number of hydrogen-bond donors (Lipinski definition) is 2. The molecule has 3 nitrogen and oxygen atoms in total. The van der Waals surface area contributed by atoms with Crippen molar-refractivity contribution in [3.8, 4) is 5.75 Å². The molecule has 1 aromatic carbocycles. The summed E-state index contributed by atoms with van der Waals surface area (Å²) < 4.78 is 19.6. The molecule has 2 aliphatic rings. The largest absolute Gasteiger partial charge is 0.508 e. The van der Waals surface area contributed by atoms with Crippen LogP contribution in [0.2, 0.25) is 0 Å². The van der Waals surface area contributed by atoms with Gasteiger partial charge in [0.05, 0.1) is 6.10 Å². The zero-order valence-electron chi connectivity index (χ0n) is 11.1. The normalized spacial score (nSPS) is 28.5. The average Bonchev–Trinajstić information content (AvgIpc) is 3.10. The number of phenols is 1. The van der Waals surface area contributed by atoms with Gasteiger partial charge in [0.25, 0.3) is 0 Å². The second-order valence-electron chi connectivity index (χ2n) is 5.66. The first-order valence-corrected chi connectivity index (χ1v) is 7.01. The van der Waals surface area contributed by atoms with Gasteiger partial charge < -0.3 is 15.2 Å². The molecule has 1 aliphatic carbocycles. The van der Waals surface area contributed by atoms with Gasteiger partial charge in [0.1, 0.15) is 11.6 Å². The molecule has 4 heteroatoms. The van der Waals surface area contributed by atoms with Crippen LogP contribution < -0.4 is 5.32 Å². The second-order valence-corrected chi connectivity index (χ2v) is 5.66. The molecule has 1 aromatic rings. The van der Waals surface area contributed by atoms with E-state index in [-0.39, 0.29) is 17.6 Å². The smallest absolute Gasteiger partial charge is 0.131 e. The lowest BCUT2D eigenvalue weighted by molar-refractivity contribution is 0.0792. The van der Waals surface area contributed by atoms with Crippen LogP contribution in [0.15, 0.2) is 18.2 Å². The molecule has 1 aliphatic heterocycles. The van der Waals surface area contributed by atoms with Crippen LogP contribution in [0.5, 0.6) is 5.75 Å². The highest BCUT2D eigenvalue weighted by molar-refractivity contribution is 5.29. The Morgan fingerprint density at radius 3 is 2.84 bits per heavy atom. The van der Waals surface area contributed by atoms with E-state index >= 15 is 0 Å². The number of benzene rings is 1. The fraction of sp³-hybridized carbons (Fsp3) is 0.600. The number of ether oxygens (including phenoxy) is 1. The van der Waals surface area contributed by atoms with Crippen LogP contribution in [0.4, 0.5) is 4.39 Å². The Balaban J connectivity index is 1.68. The van der Waals surface area contributed by atoms with Crippen LogP contribution >= 0.6 is 0 Å². The monoisotopic (exact) mass is 265 g/mol. The van der Waals surface area contributed by atoms with Crippen molar-refractivity contribution in [1.29, 1.82) is 0 Å². The SMILES string of the molecule is CC(NC1CCOC1C1CC1)c1ccc(O)cc1F. The molecule has 19 heavy (non-hydrogen) atoms. The van der Waals surface area contributed by atoms with Crippen LogP contribution in [0.1, 0.15) is 37.8 Å². The lowest BCUT2D eigenvalue weighted by Gasteiger charge is -2.24. The summed E-state index contributed by atoms with van der Waals surface area (Å²) in [5.41, 5.74) is 0.597. The van der Waals surface area contributed by atoms with Crippen molar-refractivity contribution in [2.45, 2.75) is 44.4 Å². The number of hydrogen-bond acceptors (Lipinski definition) is 3. The minimum atomic E-state index is -0.359. The van der Waals surface area contributed by atoms with E-state index in [4.69, 9.17) is 4.74 Å². The zero-order chi connectivity index (χ0) is 13.4. The fourth-order valence-electron chi connectivity index (χ4n) is 2.96. The van der Waals surface area contributed by atoms with Crippen molar-refractivity contribution >= 4 is 0 Å². The number of phenolic OH excluding ortho intramolecular Hbond substituents is 1. The van der Waals surface area contributed by atoms with Crippen molar-refractivity contribution in [3.63, 3.8) is 0 Å². The van der Waals surface area contributed by atoms with E-state index in [9.17, 15) is 9.50 Å². The number of nitrogens with one attached hydrogen (secondary N) is 1. The summed E-state index contributed by atoms with van der Waals surface area (Å²) >= 11 is 0.